The summed E-state index contributed by atoms with van der Waals surface area (Å²) in [7, 11) is 0. The van der Waals surface area contributed by atoms with Crippen LogP contribution < -0.4 is 5.32 Å². The van der Waals surface area contributed by atoms with Crippen molar-refractivity contribution in [2.45, 2.75) is 6.42 Å². The van der Waals surface area contributed by atoms with Gasteiger partial charge in [0.15, 0.2) is 11.5 Å². The van der Waals surface area contributed by atoms with Crippen molar-refractivity contribution < 1.29 is 15.0 Å². The van der Waals surface area contributed by atoms with Crippen LogP contribution in [0, 0.1) is 5.92 Å². The predicted molar refractivity (Wildman–Crippen MR) is 67.5 cm³/mol. The molecule has 0 spiro atoms. The van der Waals surface area contributed by atoms with E-state index in [0.717, 1.165) is 17.9 Å². The molecule has 0 aromatic heterocycles. The summed E-state index contributed by atoms with van der Waals surface area (Å²) >= 11 is 1.89. The van der Waals surface area contributed by atoms with E-state index in [9.17, 15) is 15.0 Å². The minimum absolute atomic E-state index is 0.121. The molecule has 0 saturated carbocycles. The van der Waals surface area contributed by atoms with Crippen molar-refractivity contribution in [2.24, 2.45) is 5.92 Å². The first kappa shape index (κ1) is 12.1. The van der Waals surface area contributed by atoms with Crippen LogP contribution in [0.4, 0.5) is 0 Å². The van der Waals surface area contributed by atoms with Crippen LogP contribution in [-0.4, -0.2) is 34.2 Å². The molecule has 1 aliphatic rings. The number of aromatic hydroxyl groups is 2. The number of thioether (sulfide) groups is 1. The van der Waals surface area contributed by atoms with Gasteiger partial charge in [0.2, 0.25) is 0 Å². The van der Waals surface area contributed by atoms with Crippen molar-refractivity contribution in [2.75, 3.05) is 18.1 Å². The molecule has 1 atom stereocenters. The number of carbonyl (C=O) groups excluding carboxylic acids is 1. The van der Waals surface area contributed by atoms with E-state index in [0.29, 0.717) is 12.5 Å². The maximum atomic E-state index is 11.8. The third kappa shape index (κ3) is 2.85. The highest BCUT2D eigenvalue weighted by atomic mass is 32.2. The number of hydrogen-bond acceptors (Lipinski definition) is 4. The number of phenols is 2. The molecule has 1 amide bonds. The van der Waals surface area contributed by atoms with Crippen molar-refractivity contribution in [3.63, 3.8) is 0 Å². The van der Waals surface area contributed by atoms with Crippen molar-refractivity contribution >= 4 is 17.7 Å². The van der Waals surface area contributed by atoms with Gasteiger partial charge in [-0.05, 0) is 36.0 Å². The average molecular weight is 253 g/mol. The summed E-state index contributed by atoms with van der Waals surface area (Å²) in [5.74, 6) is 1.78. The molecular formula is C12H15NO3S. The van der Waals surface area contributed by atoms with Crippen LogP contribution in [0.3, 0.4) is 0 Å². The van der Waals surface area contributed by atoms with Crippen LogP contribution in [0.1, 0.15) is 16.8 Å². The minimum atomic E-state index is -0.356. The number of benzene rings is 1. The quantitative estimate of drug-likeness (QED) is 0.715. The summed E-state index contributed by atoms with van der Waals surface area (Å²) in [6, 6.07) is 4.38. The van der Waals surface area contributed by atoms with Crippen LogP contribution in [0.15, 0.2) is 18.2 Å². The Bertz CT molecular complexity index is 416. The van der Waals surface area contributed by atoms with E-state index in [1.54, 1.807) is 0 Å². The lowest BCUT2D eigenvalue weighted by molar-refractivity contribution is 0.0945. The first-order chi connectivity index (χ1) is 8.18. The Labute approximate surface area is 104 Å². The molecule has 0 bridgehead atoms. The zero-order chi connectivity index (χ0) is 12.3. The molecular weight excluding hydrogens is 238 g/mol. The second-order valence-electron chi connectivity index (χ2n) is 4.11. The lowest BCUT2D eigenvalue weighted by atomic mass is 10.1. The SMILES string of the molecule is O=C(NCC1CCSC1)c1cccc(O)c1O. The Morgan fingerprint density at radius 3 is 3.00 bits per heavy atom. The Morgan fingerprint density at radius 1 is 1.47 bits per heavy atom. The van der Waals surface area contributed by atoms with Gasteiger partial charge in [-0.2, -0.15) is 11.8 Å². The summed E-state index contributed by atoms with van der Waals surface area (Å²) in [6.45, 7) is 0.626. The Balaban J connectivity index is 1.97. The molecule has 1 aliphatic heterocycles. The number of phenolic OH excluding ortho intramolecular Hbond substituents is 2. The summed E-state index contributed by atoms with van der Waals surface area (Å²) in [6.07, 6.45) is 1.12. The topological polar surface area (TPSA) is 69.6 Å². The van der Waals surface area contributed by atoms with Crippen LogP contribution in [0.5, 0.6) is 11.5 Å². The lowest BCUT2D eigenvalue weighted by Crippen LogP contribution is -2.29. The zero-order valence-corrected chi connectivity index (χ0v) is 10.2. The lowest BCUT2D eigenvalue weighted by Gasteiger charge is -2.11. The molecule has 4 nitrogen and oxygen atoms in total. The molecule has 1 fully saturated rings. The van der Waals surface area contributed by atoms with Crippen molar-refractivity contribution in [3.05, 3.63) is 23.8 Å². The van der Waals surface area contributed by atoms with Gasteiger partial charge in [0.05, 0.1) is 5.56 Å². The van der Waals surface area contributed by atoms with Gasteiger partial charge in [-0.15, -0.1) is 0 Å². The number of amides is 1. The Hall–Kier alpha value is -1.36. The van der Waals surface area contributed by atoms with Crippen LogP contribution in [0.2, 0.25) is 0 Å². The summed E-state index contributed by atoms with van der Waals surface area (Å²) in [5.41, 5.74) is 0.121. The molecule has 0 aliphatic carbocycles. The van der Waals surface area contributed by atoms with Gasteiger partial charge >= 0.3 is 0 Å². The van der Waals surface area contributed by atoms with E-state index in [2.05, 4.69) is 5.32 Å². The minimum Gasteiger partial charge on any atom is -0.504 e. The Kier molecular flexibility index (Phi) is 3.78. The fourth-order valence-corrected chi connectivity index (χ4v) is 3.08. The number of nitrogens with one attached hydrogen (secondary N) is 1. The fourth-order valence-electron chi connectivity index (χ4n) is 1.79. The van der Waals surface area contributed by atoms with Crippen LogP contribution >= 0.6 is 11.8 Å². The molecule has 92 valence electrons. The van der Waals surface area contributed by atoms with E-state index in [1.807, 2.05) is 11.8 Å². The molecule has 1 heterocycles. The molecule has 1 aromatic carbocycles. The summed E-state index contributed by atoms with van der Waals surface area (Å²) in [5, 5.41) is 21.6. The third-order valence-electron chi connectivity index (χ3n) is 2.83. The molecule has 1 saturated heterocycles. The zero-order valence-electron chi connectivity index (χ0n) is 9.35. The first-order valence-electron chi connectivity index (χ1n) is 5.55. The van der Waals surface area contributed by atoms with Gasteiger partial charge < -0.3 is 15.5 Å². The van der Waals surface area contributed by atoms with Crippen molar-refractivity contribution in [1.82, 2.24) is 5.32 Å². The Morgan fingerprint density at radius 2 is 2.29 bits per heavy atom. The second kappa shape index (κ2) is 5.31. The van der Waals surface area contributed by atoms with E-state index in [4.69, 9.17) is 0 Å². The molecule has 17 heavy (non-hydrogen) atoms. The number of hydrogen-bond donors (Lipinski definition) is 3. The smallest absolute Gasteiger partial charge is 0.255 e. The van der Waals surface area contributed by atoms with E-state index in [1.165, 1.54) is 18.2 Å². The molecule has 5 heteroatoms. The predicted octanol–water partition coefficient (Wildman–Crippen LogP) is 1.58. The van der Waals surface area contributed by atoms with E-state index < -0.39 is 0 Å². The monoisotopic (exact) mass is 253 g/mol. The van der Waals surface area contributed by atoms with E-state index in [-0.39, 0.29) is 23.0 Å². The highest BCUT2D eigenvalue weighted by molar-refractivity contribution is 7.99. The second-order valence-corrected chi connectivity index (χ2v) is 5.26. The first-order valence-corrected chi connectivity index (χ1v) is 6.71. The van der Waals surface area contributed by atoms with Crippen molar-refractivity contribution in [3.8, 4) is 11.5 Å². The normalized spacial score (nSPS) is 19.2. The van der Waals surface area contributed by atoms with Crippen LogP contribution in [-0.2, 0) is 0 Å². The van der Waals surface area contributed by atoms with Gasteiger partial charge in [0.25, 0.3) is 5.91 Å². The highest BCUT2D eigenvalue weighted by Gasteiger charge is 2.18. The number of rotatable bonds is 3. The molecule has 0 radical (unpaired) electrons. The largest absolute Gasteiger partial charge is 0.504 e. The molecule has 2 rings (SSSR count). The third-order valence-corrected chi connectivity index (χ3v) is 4.07. The van der Waals surface area contributed by atoms with Gasteiger partial charge in [0, 0.05) is 6.54 Å². The van der Waals surface area contributed by atoms with Gasteiger partial charge in [-0.1, -0.05) is 6.07 Å². The fraction of sp³-hybridized carbons (Fsp3) is 0.417. The summed E-state index contributed by atoms with van der Waals surface area (Å²) in [4.78, 5) is 11.8. The van der Waals surface area contributed by atoms with Gasteiger partial charge in [-0.3, -0.25) is 4.79 Å². The molecule has 3 N–H and O–H groups in total. The number of carbonyl (C=O) groups is 1. The molecule has 1 unspecified atom stereocenters. The van der Waals surface area contributed by atoms with E-state index >= 15 is 0 Å². The number of para-hydroxylation sites is 1. The van der Waals surface area contributed by atoms with Crippen molar-refractivity contribution in [1.29, 1.82) is 0 Å². The standard InChI is InChI=1S/C12H15NO3S/c14-10-3-1-2-9(11(10)15)12(16)13-6-8-4-5-17-7-8/h1-3,8,14-15H,4-7H2,(H,13,16). The maximum Gasteiger partial charge on any atom is 0.255 e. The molecule has 1 aromatic rings. The van der Waals surface area contributed by atoms with Crippen LogP contribution in [0.25, 0.3) is 0 Å². The maximum absolute atomic E-state index is 11.8. The summed E-state index contributed by atoms with van der Waals surface area (Å²) < 4.78 is 0. The van der Waals surface area contributed by atoms with Gasteiger partial charge in [0.1, 0.15) is 0 Å². The van der Waals surface area contributed by atoms with Gasteiger partial charge in [-0.25, -0.2) is 0 Å². The highest BCUT2D eigenvalue weighted by Crippen LogP contribution is 2.28. The average Bonchev–Trinajstić information content (AvgIpc) is 2.82.